The van der Waals surface area contributed by atoms with Gasteiger partial charge in [-0.25, -0.2) is 0 Å². The summed E-state index contributed by atoms with van der Waals surface area (Å²) in [6.45, 7) is 5.98. The Morgan fingerprint density at radius 2 is 1.88 bits per heavy atom. The number of hydrogen-bond donors (Lipinski definition) is 1. The number of nitrogens with zero attached hydrogens (tertiary/aromatic N) is 1. The highest BCUT2D eigenvalue weighted by Crippen LogP contribution is 2.19. The van der Waals surface area contributed by atoms with Crippen LogP contribution < -0.4 is 10.1 Å². The van der Waals surface area contributed by atoms with Crippen LogP contribution in [0, 0.1) is 25.2 Å². The Morgan fingerprint density at radius 3 is 2.46 bits per heavy atom. The van der Waals surface area contributed by atoms with Crippen molar-refractivity contribution in [2.24, 2.45) is 0 Å². The first-order chi connectivity index (χ1) is 11.5. The first kappa shape index (κ1) is 17.6. The fourth-order valence-electron chi connectivity index (χ4n) is 2.29. The lowest BCUT2D eigenvalue weighted by atomic mass is 10.1. The van der Waals surface area contributed by atoms with Crippen LogP contribution in [-0.4, -0.2) is 12.0 Å². The van der Waals surface area contributed by atoms with Crippen LogP contribution in [0.4, 0.5) is 5.69 Å². The number of ether oxygens (including phenoxy) is 1. The molecule has 0 aromatic heterocycles. The van der Waals surface area contributed by atoms with Crippen molar-refractivity contribution in [3.63, 3.8) is 0 Å². The molecule has 0 fully saturated rings. The predicted molar refractivity (Wildman–Crippen MR) is 95.0 cm³/mol. The molecule has 1 amide bonds. The smallest absolute Gasteiger partial charge is 0.265 e. The number of anilines is 1. The number of benzene rings is 2. The van der Waals surface area contributed by atoms with Crippen molar-refractivity contribution < 1.29 is 9.53 Å². The molecule has 2 rings (SSSR count). The van der Waals surface area contributed by atoms with Gasteiger partial charge in [0.2, 0.25) is 0 Å². The molecule has 1 atom stereocenters. The summed E-state index contributed by atoms with van der Waals surface area (Å²) < 4.78 is 5.84. The van der Waals surface area contributed by atoms with E-state index in [1.807, 2.05) is 51.1 Å². The van der Waals surface area contributed by atoms with Gasteiger partial charge >= 0.3 is 0 Å². The fourth-order valence-corrected chi connectivity index (χ4v) is 2.29. The van der Waals surface area contributed by atoms with Gasteiger partial charge in [0, 0.05) is 5.69 Å². The number of amides is 1. The molecule has 24 heavy (non-hydrogen) atoms. The summed E-state index contributed by atoms with van der Waals surface area (Å²) in [6, 6.07) is 15.2. The van der Waals surface area contributed by atoms with E-state index in [0.717, 1.165) is 11.1 Å². The van der Waals surface area contributed by atoms with Crippen molar-refractivity contribution in [2.75, 3.05) is 5.32 Å². The molecule has 0 aliphatic carbocycles. The van der Waals surface area contributed by atoms with Crippen LogP contribution in [0.3, 0.4) is 0 Å². The summed E-state index contributed by atoms with van der Waals surface area (Å²) in [5.41, 5.74) is 3.95. The average molecular weight is 322 g/mol. The zero-order valence-corrected chi connectivity index (χ0v) is 14.3. The maximum Gasteiger partial charge on any atom is 0.265 e. The molecule has 0 bridgehead atoms. The van der Waals surface area contributed by atoms with E-state index in [1.165, 1.54) is 5.56 Å². The number of hydrogen-bond acceptors (Lipinski definition) is 3. The van der Waals surface area contributed by atoms with Gasteiger partial charge < -0.3 is 10.1 Å². The molecule has 1 unspecified atom stereocenters. The largest absolute Gasteiger partial charge is 0.481 e. The van der Waals surface area contributed by atoms with Crippen LogP contribution in [0.5, 0.6) is 5.75 Å². The quantitative estimate of drug-likeness (QED) is 0.868. The number of rotatable bonds is 6. The molecule has 1 N–H and O–H groups in total. The van der Waals surface area contributed by atoms with E-state index in [1.54, 1.807) is 12.1 Å². The monoisotopic (exact) mass is 322 g/mol. The van der Waals surface area contributed by atoms with Crippen molar-refractivity contribution in [3.05, 3.63) is 59.2 Å². The van der Waals surface area contributed by atoms with Crippen LogP contribution in [0.15, 0.2) is 42.5 Å². The van der Waals surface area contributed by atoms with Gasteiger partial charge in [-0.3, -0.25) is 4.79 Å². The minimum atomic E-state index is -0.550. The predicted octanol–water partition coefficient (Wildman–Crippen LogP) is 4.17. The second-order valence-electron chi connectivity index (χ2n) is 5.78. The lowest BCUT2D eigenvalue weighted by molar-refractivity contribution is -0.122. The lowest BCUT2D eigenvalue weighted by Gasteiger charge is -2.18. The van der Waals surface area contributed by atoms with Gasteiger partial charge in [0.25, 0.3) is 5.91 Å². The van der Waals surface area contributed by atoms with Crippen molar-refractivity contribution in [1.82, 2.24) is 0 Å². The highest BCUT2D eigenvalue weighted by Gasteiger charge is 2.18. The third-order valence-corrected chi connectivity index (χ3v) is 3.92. The van der Waals surface area contributed by atoms with E-state index in [9.17, 15) is 4.79 Å². The molecule has 0 heterocycles. The Morgan fingerprint density at radius 1 is 1.17 bits per heavy atom. The van der Waals surface area contributed by atoms with Crippen LogP contribution in [0.25, 0.3) is 0 Å². The molecular weight excluding hydrogens is 300 g/mol. The highest BCUT2D eigenvalue weighted by atomic mass is 16.5. The van der Waals surface area contributed by atoms with Crippen LogP contribution in [-0.2, 0) is 11.2 Å². The molecule has 0 aliphatic heterocycles. The summed E-state index contributed by atoms with van der Waals surface area (Å²) in [7, 11) is 0. The Labute approximate surface area is 143 Å². The van der Waals surface area contributed by atoms with E-state index < -0.39 is 6.10 Å². The first-order valence-electron chi connectivity index (χ1n) is 8.04. The SMILES string of the molecule is CCC(Oc1ccc(C)c(C)c1)C(=O)Nc1ccc(CC#N)cc1. The fraction of sp³-hybridized carbons (Fsp3) is 0.300. The van der Waals surface area contributed by atoms with Gasteiger partial charge in [-0.1, -0.05) is 25.1 Å². The zero-order valence-electron chi connectivity index (χ0n) is 14.3. The molecular formula is C20H22N2O2. The zero-order chi connectivity index (χ0) is 17.5. The Bertz CT molecular complexity index is 745. The number of carbonyl (C=O) groups is 1. The second-order valence-corrected chi connectivity index (χ2v) is 5.78. The Kier molecular flexibility index (Phi) is 5.97. The van der Waals surface area contributed by atoms with Crippen molar-refractivity contribution >= 4 is 11.6 Å². The van der Waals surface area contributed by atoms with E-state index in [2.05, 4.69) is 11.4 Å². The molecule has 0 spiro atoms. The molecule has 0 saturated carbocycles. The topological polar surface area (TPSA) is 62.1 Å². The molecule has 4 nitrogen and oxygen atoms in total. The minimum absolute atomic E-state index is 0.177. The highest BCUT2D eigenvalue weighted by molar-refractivity contribution is 5.94. The van der Waals surface area contributed by atoms with E-state index in [4.69, 9.17) is 10.00 Å². The molecule has 4 heteroatoms. The third kappa shape index (κ3) is 4.60. The normalized spacial score (nSPS) is 11.4. The van der Waals surface area contributed by atoms with Crippen LogP contribution >= 0.6 is 0 Å². The summed E-state index contributed by atoms with van der Waals surface area (Å²) in [6.07, 6.45) is 0.387. The summed E-state index contributed by atoms with van der Waals surface area (Å²) >= 11 is 0. The van der Waals surface area contributed by atoms with Gasteiger partial charge in [-0.15, -0.1) is 0 Å². The molecule has 0 aliphatic rings. The number of aryl methyl sites for hydroxylation is 2. The lowest BCUT2D eigenvalue weighted by Crippen LogP contribution is -2.32. The van der Waals surface area contributed by atoms with Gasteiger partial charge in [-0.05, 0) is 61.2 Å². The number of nitrogens with one attached hydrogen (secondary N) is 1. The van der Waals surface area contributed by atoms with Crippen molar-refractivity contribution in [3.8, 4) is 11.8 Å². The summed E-state index contributed by atoms with van der Waals surface area (Å²) in [4.78, 5) is 12.4. The van der Waals surface area contributed by atoms with Crippen molar-refractivity contribution in [1.29, 1.82) is 5.26 Å². The van der Waals surface area contributed by atoms with E-state index in [-0.39, 0.29) is 5.91 Å². The van der Waals surface area contributed by atoms with Gasteiger partial charge in [-0.2, -0.15) is 5.26 Å². The first-order valence-corrected chi connectivity index (χ1v) is 8.04. The molecule has 0 radical (unpaired) electrons. The number of nitriles is 1. The van der Waals surface area contributed by atoms with Gasteiger partial charge in [0.05, 0.1) is 12.5 Å². The molecule has 0 saturated heterocycles. The molecule has 2 aromatic rings. The Hall–Kier alpha value is -2.80. The summed E-state index contributed by atoms with van der Waals surface area (Å²) in [5.74, 6) is 0.522. The number of carbonyl (C=O) groups excluding carboxylic acids is 1. The minimum Gasteiger partial charge on any atom is -0.481 e. The maximum atomic E-state index is 12.4. The maximum absolute atomic E-state index is 12.4. The molecule has 2 aromatic carbocycles. The van der Waals surface area contributed by atoms with Crippen molar-refractivity contribution in [2.45, 2.75) is 39.7 Å². The van der Waals surface area contributed by atoms with Gasteiger partial charge in [0.15, 0.2) is 6.10 Å². The summed E-state index contributed by atoms with van der Waals surface area (Å²) in [5, 5.41) is 11.5. The standard InChI is InChI=1S/C20H22N2O2/c1-4-19(24-18-10-5-14(2)15(3)13-18)20(23)22-17-8-6-16(7-9-17)11-12-21/h5-10,13,19H,4,11H2,1-3H3,(H,22,23). The Balaban J connectivity index is 2.02. The van der Waals surface area contributed by atoms with Crippen LogP contribution in [0.2, 0.25) is 0 Å². The average Bonchev–Trinajstić information content (AvgIpc) is 2.57. The third-order valence-electron chi connectivity index (χ3n) is 3.92. The second kappa shape index (κ2) is 8.16. The van der Waals surface area contributed by atoms with Crippen LogP contribution in [0.1, 0.15) is 30.0 Å². The van der Waals surface area contributed by atoms with E-state index >= 15 is 0 Å². The molecule has 124 valence electrons. The van der Waals surface area contributed by atoms with Gasteiger partial charge in [0.1, 0.15) is 5.75 Å². The van der Waals surface area contributed by atoms with E-state index in [0.29, 0.717) is 24.3 Å².